The summed E-state index contributed by atoms with van der Waals surface area (Å²) < 4.78 is 31.3. The van der Waals surface area contributed by atoms with E-state index in [2.05, 4.69) is 18.7 Å². The van der Waals surface area contributed by atoms with E-state index in [1.165, 1.54) is 18.1 Å². The quantitative estimate of drug-likeness (QED) is 0.594. The molecule has 0 spiro atoms. The summed E-state index contributed by atoms with van der Waals surface area (Å²) in [5.41, 5.74) is 0.0591. The number of carbonyl (C=O) groups excluding carboxylic acids is 2. The van der Waals surface area contributed by atoms with Crippen molar-refractivity contribution in [2.24, 2.45) is 5.92 Å². The zero-order chi connectivity index (χ0) is 19.7. The highest BCUT2D eigenvalue weighted by Gasteiger charge is 2.23. The topological polar surface area (TPSA) is 49.9 Å². The zero-order valence-corrected chi connectivity index (χ0v) is 15.9. The number of halogens is 2. The summed E-state index contributed by atoms with van der Waals surface area (Å²) in [5.74, 6) is -3.43. The first kappa shape index (κ1) is 22.0. The van der Waals surface area contributed by atoms with Crippen LogP contribution >= 0.6 is 0 Å². The minimum atomic E-state index is -1.07. The Bertz CT molecular complexity index is 606. The molecule has 1 rings (SSSR count). The Morgan fingerprint density at radius 2 is 1.77 bits per heavy atom. The second-order valence-corrected chi connectivity index (χ2v) is 6.18. The van der Waals surface area contributed by atoms with E-state index in [0.29, 0.717) is 13.0 Å². The van der Waals surface area contributed by atoms with Gasteiger partial charge in [-0.25, -0.2) is 8.78 Å². The largest absolute Gasteiger partial charge is 0.469 e. The summed E-state index contributed by atoms with van der Waals surface area (Å²) in [6.07, 6.45) is 0.713. The molecule has 1 aromatic rings. The van der Waals surface area contributed by atoms with Gasteiger partial charge in [-0.05, 0) is 44.3 Å². The van der Waals surface area contributed by atoms with Gasteiger partial charge >= 0.3 is 5.97 Å². The molecule has 0 aliphatic carbocycles. The Kier molecular flexibility index (Phi) is 9.19. The van der Waals surface area contributed by atoms with Crippen LogP contribution in [0.5, 0.6) is 0 Å². The van der Waals surface area contributed by atoms with E-state index in [1.54, 1.807) is 6.92 Å². The Hall–Kier alpha value is -2.02. The van der Waals surface area contributed by atoms with Crippen molar-refractivity contribution < 1.29 is 23.1 Å². The fraction of sp³-hybridized carbons (Fsp3) is 0.579. The van der Waals surface area contributed by atoms with Crippen molar-refractivity contribution in [2.75, 3.05) is 39.8 Å². The lowest BCUT2D eigenvalue weighted by Gasteiger charge is -2.27. The van der Waals surface area contributed by atoms with Crippen LogP contribution in [0.1, 0.15) is 37.6 Å². The molecule has 1 amide bonds. The number of benzene rings is 1. The van der Waals surface area contributed by atoms with Gasteiger partial charge in [0, 0.05) is 18.7 Å². The van der Waals surface area contributed by atoms with Gasteiger partial charge in [0.2, 0.25) is 0 Å². The molecule has 0 radical (unpaired) electrons. The number of hydrogen-bond acceptors (Lipinski definition) is 4. The third kappa shape index (κ3) is 6.37. The lowest BCUT2D eigenvalue weighted by Crippen LogP contribution is -2.39. The monoisotopic (exact) mass is 370 g/mol. The number of nitrogens with zero attached hydrogens (tertiary/aromatic N) is 2. The molecule has 0 aliphatic rings. The molecular weight excluding hydrogens is 342 g/mol. The van der Waals surface area contributed by atoms with Crippen LogP contribution in [0.2, 0.25) is 0 Å². The predicted molar refractivity (Wildman–Crippen MR) is 95.8 cm³/mol. The molecule has 0 saturated heterocycles. The molecule has 146 valence electrons. The molecule has 0 heterocycles. The lowest BCUT2D eigenvalue weighted by molar-refractivity contribution is -0.145. The molecule has 0 fully saturated rings. The van der Waals surface area contributed by atoms with Crippen LogP contribution in [-0.4, -0.2) is 61.5 Å². The average Bonchev–Trinajstić information content (AvgIpc) is 2.65. The van der Waals surface area contributed by atoms with Gasteiger partial charge in [-0.2, -0.15) is 0 Å². The highest BCUT2D eigenvalue weighted by Crippen LogP contribution is 2.13. The maximum atomic E-state index is 13.5. The van der Waals surface area contributed by atoms with Gasteiger partial charge in [0.1, 0.15) is 0 Å². The number of esters is 1. The molecule has 0 aromatic heterocycles. The standard InChI is InChI=1S/C19H28F2N2O3/c1-5-22(6-2)10-7-11-23(13-14(3)19(25)26-4)18(24)15-8-9-16(20)17(21)12-15/h8-9,12,14H,5-7,10-11,13H2,1-4H3. The van der Waals surface area contributed by atoms with Crippen molar-refractivity contribution >= 4 is 11.9 Å². The molecule has 0 saturated carbocycles. The van der Waals surface area contributed by atoms with Crippen molar-refractivity contribution in [1.29, 1.82) is 0 Å². The van der Waals surface area contributed by atoms with E-state index in [-0.39, 0.29) is 12.1 Å². The third-order valence-corrected chi connectivity index (χ3v) is 4.35. The fourth-order valence-corrected chi connectivity index (χ4v) is 2.72. The lowest BCUT2D eigenvalue weighted by atomic mass is 10.1. The molecule has 1 aromatic carbocycles. The SMILES string of the molecule is CCN(CC)CCCN(CC(C)C(=O)OC)C(=O)c1ccc(F)c(F)c1. The Morgan fingerprint density at radius 3 is 2.31 bits per heavy atom. The second kappa shape index (κ2) is 10.9. The molecule has 26 heavy (non-hydrogen) atoms. The Morgan fingerprint density at radius 1 is 1.12 bits per heavy atom. The van der Waals surface area contributed by atoms with Gasteiger partial charge in [0.15, 0.2) is 11.6 Å². The molecule has 7 heteroatoms. The second-order valence-electron chi connectivity index (χ2n) is 6.18. The van der Waals surface area contributed by atoms with Gasteiger partial charge < -0.3 is 14.5 Å². The maximum absolute atomic E-state index is 13.5. The van der Waals surface area contributed by atoms with Crippen molar-refractivity contribution in [2.45, 2.75) is 27.2 Å². The number of amides is 1. The van der Waals surface area contributed by atoms with E-state index >= 15 is 0 Å². The van der Waals surface area contributed by atoms with Crippen LogP contribution in [0, 0.1) is 17.6 Å². The van der Waals surface area contributed by atoms with Crippen LogP contribution in [0.25, 0.3) is 0 Å². The van der Waals surface area contributed by atoms with Gasteiger partial charge in [-0.15, -0.1) is 0 Å². The van der Waals surface area contributed by atoms with E-state index in [1.807, 2.05) is 0 Å². The maximum Gasteiger partial charge on any atom is 0.310 e. The fourth-order valence-electron chi connectivity index (χ4n) is 2.72. The Labute approximate surface area is 153 Å². The minimum Gasteiger partial charge on any atom is -0.469 e. The van der Waals surface area contributed by atoms with Crippen LogP contribution in [0.4, 0.5) is 8.78 Å². The van der Waals surface area contributed by atoms with Gasteiger partial charge in [-0.1, -0.05) is 20.8 Å². The summed E-state index contributed by atoms with van der Waals surface area (Å²) in [5, 5.41) is 0. The number of hydrogen-bond donors (Lipinski definition) is 0. The van der Waals surface area contributed by atoms with Crippen LogP contribution in [-0.2, 0) is 9.53 Å². The summed E-state index contributed by atoms with van der Waals surface area (Å²) >= 11 is 0. The normalized spacial score (nSPS) is 12.1. The van der Waals surface area contributed by atoms with E-state index < -0.39 is 29.4 Å². The first-order valence-electron chi connectivity index (χ1n) is 8.88. The number of methoxy groups -OCH3 is 1. The van der Waals surface area contributed by atoms with E-state index in [4.69, 9.17) is 4.74 Å². The van der Waals surface area contributed by atoms with Crippen LogP contribution < -0.4 is 0 Å². The molecule has 5 nitrogen and oxygen atoms in total. The molecule has 1 unspecified atom stereocenters. The van der Waals surface area contributed by atoms with Crippen molar-refractivity contribution in [3.8, 4) is 0 Å². The van der Waals surface area contributed by atoms with Crippen LogP contribution in [0.15, 0.2) is 18.2 Å². The highest BCUT2D eigenvalue weighted by molar-refractivity contribution is 5.94. The van der Waals surface area contributed by atoms with E-state index in [9.17, 15) is 18.4 Å². The van der Waals surface area contributed by atoms with Gasteiger partial charge in [-0.3, -0.25) is 9.59 Å². The number of rotatable bonds is 10. The van der Waals surface area contributed by atoms with Crippen LogP contribution in [0.3, 0.4) is 0 Å². The summed E-state index contributed by atoms with van der Waals surface area (Å²) in [7, 11) is 1.29. The molecule has 1 atom stereocenters. The molecular formula is C19H28F2N2O3. The predicted octanol–water partition coefficient (Wildman–Crippen LogP) is 2.95. The third-order valence-electron chi connectivity index (χ3n) is 4.35. The number of carbonyl (C=O) groups is 2. The first-order valence-corrected chi connectivity index (χ1v) is 8.88. The van der Waals surface area contributed by atoms with Gasteiger partial charge in [0.25, 0.3) is 5.91 Å². The molecule has 0 N–H and O–H groups in total. The summed E-state index contributed by atoms with van der Waals surface area (Å²) in [6, 6.07) is 3.07. The molecule has 0 aliphatic heterocycles. The van der Waals surface area contributed by atoms with E-state index in [0.717, 1.165) is 31.8 Å². The smallest absolute Gasteiger partial charge is 0.310 e. The Balaban J connectivity index is 2.88. The summed E-state index contributed by atoms with van der Waals surface area (Å²) in [6.45, 7) is 8.99. The van der Waals surface area contributed by atoms with Crippen molar-refractivity contribution in [1.82, 2.24) is 9.80 Å². The highest BCUT2D eigenvalue weighted by atomic mass is 19.2. The first-order chi connectivity index (χ1) is 12.3. The molecule has 0 bridgehead atoms. The van der Waals surface area contributed by atoms with Crippen molar-refractivity contribution in [3.05, 3.63) is 35.4 Å². The van der Waals surface area contributed by atoms with Crippen molar-refractivity contribution in [3.63, 3.8) is 0 Å². The zero-order valence-electron chi connectivity index (χ0n) is 15.9. The number of ether oxygens (including phenoxy) is 1. The minimum absolute atomic E-state index is 0.0591. The van der Waals surface area contributed by atoms with Gasteiger partial charge in [0.05, 0.1) is 13.0 Å². The summed E-state index contributed by atoms with van der Waals surface area (Å²) in [4.78, 5) is 28.2. The average molecular weight is 370 g/mol.